The lowest BCUT2D eigenvalue weighted by Gasteiger charge is -2.21. The predicted octanol–water partition coefficient (Wildman–Crippen LogP) is 10.2. The number of allylic oxidation sites excluding steroid dienone is 4. The van der Waals surface area contributed by atoms with Gasteiger partial charge in [0.15, 0.2) is 0 Å². The van der Waals surface area contributed by atoms with E-state index in [1.54, 1.807) is 0 Å². The number of esters is 1. The largest absolute Gasteiger partial charge is 0.465 e. The number of hydrogen-bond donors (Lipinski definition) is 0. The van der Waals surface area contributed by atoms with Crippen molar-refractivity contribution in [1.29, 1.82) is 0 Å². The molecule has 0 spiro atoms. The third-order valence-corrected chi connectivity index (χ3v) is 6.58. The maximum atomic E-state index is 12.1. The predicted molar refractivity (Wildman–Crippen MR) is 147 cm³/mol. The van der Waals surface area contributed by atoms with E-state index in [1.165, 1.54) is 77.0 Å². The molecule has 0 N–H and O–H groups in total. The van der Waals surface area contributed by atoms with Gasteiger partial charge in [-0.2, -0.15) is 0 Å². The molecular weight excluding hydrogens is 404 g/mol. The molecule has 1 atom stereocenters. The van der Waals surface area contributed by atoms with Gasteiger partial charge in [0.2, 0.25) is 0 Å². The Morgan fingerprint density at radius 3 is 1.79 bits per heavy atom. The fraction of sp³-hybridized carbons (Fsp3) is 0.839. The average Bonchev–Trinajstić information content (AvgIpc) is 2.77. The van der Waals surface area contributed by atoms with Crippen molar-refractivity contribution in [3.8, 4) is 0 Å². The van der Waals surface area contributed by atoms with E-state index in [0.29, 0.717) is 24.9 Å². The van der Waals surface area contributed by atoms with Crippen LogP contribution in [0.15, 0.2) is 24.3 Å². The van der Waals surface area contributed by atoms with Gasteiger partial charge < -0.3 is 4.74 Å². The zero-order valence-electron chi connectivity index (χ0n) is 23.1. The van der Waals surface area contributed by atoms with E-state index in [0.717, 1.165) is 31.6 Å². The monoisotopic (exact) mass is 462 g/mol. The molecule has 0 saturated heterocycles. The number of carbonyl (C=O) groups is 1. The molecule has 0 saturated carbocycles. The molecule has 0 radical (unpaired) electrons. The minimum Gasteiger partial charge on any atom is -0.465 e. The van der Waals surface area contributed by atoms with Crippen LogP contribution >= 0.6 is 0 Å². The lowest BCUT2D eigenvalue weighted by molar-refractivity contribution is -0.145. The van der Waals surface area contributed by atoms with Crippen molar-refractivity contribution < 1.29 is 9.53 Å². The molecule has 0 rings (SSSR count). The number of rotatable bonds is 23. The Bertz CT molecular complexity index is 475. The smallest absolute Gasteiger partial charge is 0.305 e. The van der Waals surface area contributed by atoms with Crippen molar-refractivity contribution in [2.75, 3.05) is 6.61 Å². The first-order valence-electron chi connectivity index (χ1n) is 14.4. The molecule has 0 aliphatic heterocycles. The van der Waals surface area contributed by atoms with Crippen LogP contribution in [0.5, 0.6) is 0 Å². The molecule has 0 aliphatic rings. The Morgan fingerprint density at radius 1 is 0.697 bits per heavy atom. The Kier molecular flexibility index (Phi) is 23.3. The molecule has 2 nitrogen and oxygen atoms in total. The second-order valence-corrected chi connectivity index (χ2v) is 10.7. The van der Waals surface area contributed by atoms with Gasteiger partial charge in [0.05, 0.1) is 6.61 Å². The van der Waals surface area contributed by atoms with Crippen molar-refractivity contribution in [3.63, 3.8) is 0 Å². The lowest BCUT2D eigenvalue weighted by atomic mass is 9.89. The maximum Gasteiger partial charge on any atom is 0.305 e. The summed E-state index contributed by atoms with van der Waals surface area (Å²) < 4.78 is 5.58. The zero-order chi connectivity index (χ0) is 24.6. The van der Waals surface area contributed by atoms with Crippen LogP contribution in [0.1, 0.15) is 144 Å². The summed E-state index contributed by atoms with van der Waals surface area (Å²) in [7, 11) is 0. The Hall–Kier alpha value is -1.05. The second-order valence-electron chi connectivity index (χ2n) is 10.7. The highest BCUT2D eigenvalue weighted by atomic mass is 16.5. The van der Waals surface area contributed by atoms with E-state index in [9.17, 15) is 4.79 Å². The number of unbranched alkanes of at least 4 members (excludes halogenated alkanes) is 11. The molecule has 0 heterocycles. The summed E-state index contributed by atoms with van der Waals surface area (Å²) >= 11 is 0. The molecule has 0 aliphatic carbocycles. The molecule has 0 amide bonds. The summed E-state index contributed by atoms with van der Waals surface area (Å²) in [4.78, 5) is 12.1. The van der Waals surface area contributed by atoms with Crippen LogP contribution in [-0.2, 0) is 9.53 Å². The van der Waals surface area contributed by atoms with E-state index in [4.69, 9.17) is 4.74 Å². The van der Waals surface area contributed by atoms with Crippen molar-refractivity contribution in [2.24, 2.45) is 17.8 Å². The fourth-order valence-corrected chi connectivity index (χ4v) is 4.05. The first-order valence-corrected chi connectivity index (χ1v) is 14.4. The molecule has 0 bridgehead atoms. The first kappa shape index (κ1) is 31.9. The van der Waals surface area contributed by atoms with E-state index in [1.807, 2.05) is 0 Å². The quantitative estimate of drug-likeness (QED) is 0.0857. The highest BCUT2D eigenvalue weighted by Crippen LogP contribution is 2.21. The number of carbonyl (C=O) groups excluding carboxylic acids is 1. The minimum atomic E-state index is 0.00741. The number of hydrogen-bond acceptors (Lipinski definition) is 2. The molecule has 194 valence electrons. The maximum absolute atomic E-state index is 12.1. The Labute approximate surface area is 208 Å². The topological polar surface area (TPSA) is 26.3 Å². The van der Waals surface area contributed by atoms with E-state index in [2.05, 4.69) is 58.9 Å². The first-order chi connectivity index (χ1) is 16.0. The SMILES string of the molecule is CCC/C=C\C/C=C\CCCCCCCCCCCCC(=O)OCC(CCC(C)C)C(C)C. The van der Waals surface area contributed by atoms with E-state index < -0.39 is 0 Å². The summed E-state index contributed by atoms with van der Waals surface area (Å²) in [6, 6.07) is 0. The van der Waals surface area contributed by atoms with Gasteiger partial charge in [-0.15, -0.1) is 0 Å². The average molecular weight is 463 g/mol. The van der Waals surface area contributed by atoms with Crippen LogP contribution in [-0.4, -0.2) is 12.6 Å². The van der Waals surface area contributed by atoms with Crippen LogP contribution < -0.4 is 0 Å². The molecule has 2 heteroatoms. The van der Waals surface area contributed by atoms with Gasteiger partial charge in [-0.3, -0.25) is 4.79 Å². The normalized spacial score (nSPS) is 13.1. The zero-order valence-corrected chi connectivity index (χ0v) is 23.1. The summed E-state index contributed by atoms with van der Waals surface area (Å²) in [6.07, 6.45) is 29.9. The summed E-state index contributed by atoms with van der Waals surface area (Å²) in [5.74, 6) is 1.81. The van der Waals surface area contributed by atoms with Crippen LogP contribution in [0.2, 0.25) is 0 Å². The van der Waals surface area contributed by atoms with Crippen LogP contribution in [0.25, 0.3) is 0 Å². The Balaban J connectivity index is 3.44. The molecule has 0 aromatic rings. The summed E-state index contributed by atoms with van der Waals surface area (Å²) in [5.41, 5.74) is 0. The molecule has 0 aromatic heterocycles. The Morgan fingerprint density at radius 2 is 1.24 bits per heavy atom. The van der Waals surface area contributed by atoms with Crippen molar-refractivity contribution in [2.45, 2.75) is 144 Å². The van der Waals surface area contributed by atoms with E-state index >= 15 is 0 Å². The second kappa shape index (κ2) is 24.1. The highest BCUT2D eigenvalue weighted by Gasteiger charge is 2.16. The van der Waals surface area contributed by atoms with Gasteiger partial charge in [0, 0.05) is 6.42 Å². The highest BCUT2D eigenvalue weighted by molar-refractivity contribution is 5.69. The third-order valence-electron chi connectivity index (χ3n) is 6.58. The van der Waals surface area contributed by atoms with Crippen molar-refractivity contribution in [3.05, 3.63) is 24.3 Å². The molecule has 1 unspecified atom stereocenters. The van der Waals surface area contributed by atoms with Gasteiger partial charge in [-0.1, -0.05) is 123 Å². The molecular formula is C31H58O2. The summed E-state index contributed by atoms with van der Waals surface area (Å²) in [6.45, 7) is 11.8. The van der Waals surface area contributed by atoms with E-state index in [-0.39, 0.29) is 5.97 Å². The van der Waals surface area contributed by atoms with Crippen LogP contribution in [0.3, 0.4) is 0 Å². The summed E-state index contributed by atoms with van der Waals surface area (Å²) in [5, 5.41) is 0. The van der Waals surface area contributed by atoms with Gasteiger partial charge >= 0.3 is 5.97 Å². The fourth-order valence-electron chi connectivity index (χ4n) is 4.05. The van der Waals surface area contributed by atoms with Gasteiger partial charge in [0.25, 0.3) is 0 Å². The minimum absolute atomic E-state index is 0.00741. The molecule has 0 aromatic carbocycles. The van der Waals surface area contributed by atoms with Crippen molar-refractivity contribution in [1.82, 2.24) is 0 Å². The lowest BCUT2D eigenvalue weighted by Crippen LogP contribution is -2.19. The van der Waals surface area contributed by atoms with Crippen LogP contribution in [0, 0.1) is 17.8 Å². The third kappa shape index (κ3) is 23.9. The van der Waals surface area contributed by atoms with Crippen LogP contribution in [0.4, 0.5) is 0 Å². The van der Waals surface area contributed by atoms with Gasteiger partial charge in [-0.25, -0.2) is 0 Å². The van der Waals surface area contributed by atoms with Crippen molar-refractivity contribution >= 4 is 5.97 Å². The molecule has 0 fully saturated rings. The number of ether oxygens (including phenoxy) is 1. The van der Waals surface area contributed by atoms with Gasteiger partial charge in [0.1, 0.15) is 0 Å². The standard InChI is InChI=1S/C31H58O2/c1-6-7-8-9-10-11-12-13-14-15-16-17-18-19-20-21-22-23-24-31(32)33-27-30(29(4)5)26-25-28(2)3/h8-9,11-12,28-30H,6-7,10,13-27H2,1-5H3/b9-8-,12-11-. The van der Waals surface area contributed by atoms with Gasteiger partial charge in [-0.05, 0) is 56.3 Å². The molecule has 33 heavy (non-hydrogen) atoms.